The molecule has 4 aromatic carbocycles. The van der Waals surface area contributed by atoms with Gasteiger partial charge >= 0.3 is 5.97 Å². The summed E-state index contributed by atoms with van der Waals surface area (Å²) >= 11 is 0. The fraction of sp³-hybridized carbons (Fsp3) is 0.100. The zero-order valence-corrected chi connectivity index (χ0v) is 19.6. The Hall–Kier alpha value is -3.48. The van der Waals surface area contributed by atoms with E-state index in [0.29, 0.717) is 0 Å². The molecule has 0 bridgehead atoms. The van der Waals surface area contributed by atoms with Gasteiger partial charge in [0.25, 0.3) is 0 Å². The first-order chi connectivity index (χ1) is 16.3. The fourth-order valence-corrected chi connectivity index (χ4v) is 8.89. The molecule has 2 nitrogen and oxygen atoms in total. The van der Waals surface area contributed by atoms with E-state index in [9.17, 15) is 4.79 Å². The summed E-state index contributed by atoms with van der Waals surface area (Å²) in [5.74, 6) is -0.207. The lowest BCUT2D eigenvalue weighted by Gasteiger charge is -2.32. The van der Waals surface area contributed by atoms with Crippen LogP contribution < -0.4 is 15.9 Å². The molecule has 0 amide bonds. The maximum atomic E-state index is 13.8. The number of rotatable bonds is 8. The summed E-state index contributed by atoms with van der Waals surface area (Å²) in [5, 5.41) is 3.46. The van der Waals surface area contributed by atoms with E-state index in [1.54, 1.807) is 0 Å². The number of ether oxygens (including phenoxy) is 1. The molecule has 0 radical (unpaired) electrons. The minimum atomic E-state index is -2.42. The normalized spacial score (nSPS) is 12.4. The Morgan fingerprint density at radius 2 is 1.09 bits per heavy atom. The molecule has 0 saturated heterocycles. The molecular formula is C30H28O2P+. The molecule has 0 aliphatic rings. The molecular weight excluding hydrogens is 423 g/mol. The van der Waals surface area contributed by atoms with Crippen LogP contribution in [-0.4, -0.2) is 11.6 Å². The van der Waals surface area contributed by atoms with Gasteiger partial charge in [-0.25, -0.2) is 4.79 Å². The van der Waals surface area contributed by atoms with E-state index in [1.165, 1.54) is 0 Å². The third kappa shape index (κ3) is 4.82. The van der Waals surface area contributed by atoms with E-state index < -0.39 is 12.9 Å². The van der Waals surface area contributed by atoms with Crippen LogP contribution in [0.3, 0.4) is 0 Å². The lowest BCUT2D eigenvalue weighted by atomic mass is 10.2. The first-order valence-corrected chi connectivity index (χ1v) is 13.0. The van der Waals surface area contributed by atoms with Crippen molar-refractivity contribution in [3.8, 4) is 0 Å². The Kier molecular flexibility index (Phi) is 7.50. The third-order valence-electron chi connectivity index (χ3n) is 5.75. The average Bonchev–Trinajstić information content (AvgIpc) is 2.90. The SMILES string of the molecule is CC=CC(C(=O)OCc1ccccc1)[P+](c1ccccc1)(c1ccccc1)c1ccccc1. The van der Waals surface area contributed by atoms with Crippen LogP contribution in [0.5, 0.6) is 0 Å². The predicted octanol–water partition coefficient (Wildman–Crippen LogP) is 5.67. The molecule has 0 heterocycles. The summed E-state index contributed by atoms with van der Waals surface area (Å²) in [6.07, 6.45) is 3.99. The van der Waals surface area contributed by atoms with Gasteiger partial charge in [-0.15, -0.1) is 0 Å². The quantitative estimate of drug-likeness (QED) is 0.196. The molecule has 1 atom stereocenters. The van der Waals surface area contributed by atoms with Crippen LogP contribution in [0, 0.1) is 0 Å². The lowest BCUT2D eigenvalue weighted by molar-refractivity contribution is -0.143. The number of benzene rings is 4. The maximum absolute atomic E-state index is 13.8. The van der Waals surface area contributed by atoms with Crippen molar-refractivity contribution in [1.29, 1.82) is 0 Å². The lowest BCUT2D eigenvalue weighted by Crippen LogP contribution is -2.42. The summed E-state index contributed by atoms with van der Waals surface area (Å²) in [6.45, 7) is 2.22. The number of carbonyl (C=O) groups is 1. The topological polar surface area (TPSA) is 26.3 Å². The maximum Gasteiger partial charge on any atom is 0.352 e. The van der Waals surface area contributed by atoms with Crippen LogP contribution >= 0.6 is 7.26 Å². The van der Waals surface area contributed by atoms with Crippen molar-refractivity contribution in [2.24, 2.45) is 0 Å². The van der Waals surface area contributed by atoms with Gasteiger partial charge in [-0.1, -0.05) is 91.0 Å². The van der Waals surface area contributed by atoms with E-state index in [1.807, 2.05) is 67.6 Å². The smallest absolute Gasteiger partial charge is 0.352 e. The van der Waals surface area contributed by atoms with Crippen LogP contribution in [-0.2, 0) is 16.1 Å². The van der Waals surface area contributed by atoms with Crippen molar-refractivity contribution in [1.82, 2.24) is 0 Å². The van der Waals surface area contributed by atoms with Crippen molar-refractivity contribution in [2.75, 3.05) is 0 Å². The fourth-order valence-electron chi connectivity index (χ4n) is 4.28. The van der Waals surface area contributed by atoms with E-state index in [-0.39, 0.29) is 12.6 Å². The van der Waals surface area contributed by atoms with E-state index >= 15 is 0 Å². The highest BCUT2D eigenvalue weighted by Crippen LogP contribution is 2.60. The predicted molar refractivity (Wildman–Crippen MR) is 140 cm³/mol. The van der Waals surface area contributed by atoms with Gasteiger partial charge in [-0.05, 0) is 55.0 Å². The Morgan fingerprint density at radius 1 is 0.697 bits per heavy atom. The molecule has 4 rings (SSSR count). The minimum absolute atomic E-state index is 0.207. The van der Waals surface area contributed by atoms with Crippen LogP contribution in [0.4, 0.5) is 0 Å². The van der Waals surface area contributed by atoms with Gasteiger partial charge in [0.05, 0.1) is 0 Å². The Morgan fingerprint density at radius 3 is 1.48 bits per heavy atom. The van der Waals surface area contributed by atoms with E-state index in [4.69, 9.17) is 4.74 Å². The van der Waals surface area contributed by atoms with Crippen LogP contribution in [0.15, 0.2) is 133 Å². The molecule has 33 heavy (non-hydrogen) atoms. The van der Waals surface area contributed by atoms with Gasteiger partial charge in [0, 0.05) is 0 Å². The highest BCUT2D eigenvalue weighted by Gasteiger charge is 2.55. The van der Waals surface area contributed by atoms with E-state index in [2.05, 4.69) is 72.8 Å². The van der Waals surface area contributed by atoms with Crippen LogP contribution in [0.1, 0.15) is 12.5 Å². The molecule has 0 fully saturated rings. The molecule has 0 spiro atoms. The van der Waals surface area contributed by atoms with Crippen molar-refractivity contribution < 1.29 is 9.53 Å². The van der Waals surface area contributed by atoms with Crippen LogP contribution in [0.25, 0.3) is 0 Å². The molecule has 0 N–H and O–H groups in total. The number of hydrogen-bond acceptors (Lipinski definition) is 2. The number of hydrogen-bond donors (Lipinski definition) is 0. The number of allylic oxidation sites excluding steroid dienone is 1. The van der Waals surface area contributed by atoms with Crippen molar-refractivity contribution in [2.45, 2.75) is 19.2 Å². The second-order valence-electron chi connectivity index (χ2n) is 7.79. The van der Waals surface area contributed by atoms with Gasteiger partial charge in [0.1, 0.15) is 29.8 Å². The third-order valence-corrected chi connectivity index (χ3v) is 10.3. The van der Waals surface area contributed by atoms with Gasteiger partial charge in [0.15, 0.2) is 5.66 Å². The molecule has 0 aromatic heterocycles. The van der Waals surface area contributed by atoms with Gasteiger partial charge < -0.3 is 4.74 Å². The molecule has 0 saturated carbocycles. The van der Waals surface area contributed by atoms with Crippen LogP contribution in [0.2, 0.25) is 0 Å². The monoisotopic (exact) mass is 451 g/mol. The second kappa shape index (κ2) is 10.9. The molecule has 4 aromatic rings. The Labute approximate surface area is 196 Å². The standard InChI is InChI=1S/C30H28O2P/c1-2-15-29(30(31)32-24-25-16-7-3-8-17-25)33(26-18-9-4-10-19-26,27-20-11-5-12-21-27)28-22-13-6-14-23-28/h2-23,29H,24H2,1H3/q+1. The molecule has 1 unspecified atom stereocenters. The van der Waals surface area contributed by atoms with Crippen molar-refractivity contribution in [3.63, 3.8) is 0 Å². The largest absolute Gasteiger partial charge is 0.458 e. The van der Waals surface area contributed by atoms with Crippen molar-refractivity contribution in [3.05, 3.63) is 139 Å². The first kappa shape index (κ1) is 22.7. The average molecular weight is 452 g/mol. The second-order valence-corrected chi connectivity index (χ2v) is 11.3. The highest BCUT2D eigenvalue weighted by atomic mass is 31.2. The summed E-state index contributed by atoms with van der Waals surface area (Å²) in [6, 6.07) is 41.1. The van der Waals surface area contributed by atoms with Gasteiger partial charge in [-0.2, -0.15) is 0 Å². The Bertz CT molecular complexity index is 1080. The van der Waals surface area contributed by atoms with Gasteiger partial charge in [-0.3, -0.25) is 0 Å². The molecule has 164 valence electrons. The first-order valence-electron chi connectivity index (χ1n) is 11.2. The summed E-state index contributed by atoms with van der Waals surface area (Å²) < 4.78 is 5.95. The zero-order valence-electron chi connectivity index (χ0n) is 18.7. The van der Waals surface area contributed by atoms with E-state index in [0.717, 1.165) is 21.5 Å². The summed E-state index contributed by atoms with van der Waals surface area (Å²) in [5.41, 5.74) is 0.534. The van der Waals surface area contributed by atoms with Crippen molar-refractivity contribution >= 4 is 29.1 Å². The molecule has 3 heteroatoms. The summed E-state index contributed by atoms with van der Waals surface area (Å²) in [7, 11) is -2.42. The van der Waals surface area contributed by atoms with Gasteiger partial charge in [0.2, 0.25) is 0 Å². The minimum Gasteiger partial charge on any atom is -0.458 e. The molecule has 0 aliphatic heterocycles. The summed E-state index contributed by atoms with van der Waals surface area (Å²) in [4.78, 5) is 13.8. The Balaban J connectivity index is 1.90. The number of esters is 1. The zero-order chi connectivity index (χ0) is 22.9. The number of carbonyl (C=O) groups excluding carboxylic acids is 1. The molecule has 0 aliphatic carbocycles. The highest BCUT2D eigenvalue weighted by molar-refractivity contribution is 7.97.